The van der Waals surface area contributed by atoms with Gasteiger partial charge in [-0.2, -0.15) is 0 Å². The van der Waals surface area contributed by atoms with E-state index < -0.39 is 5.91 Å². The van der Waals surface area contributed by atoms with E-state index in [0.29, 0.717) is 45.1 Å². The van der Waals surface area contributed by atoms with Crippen LogP contribution in [0.1, 0.15) is 31.1 Å². The number of amides is 3. The van der Waals surface area contributed by atoms with Crippen LogP contribution in [0.25, 0.3) is 11.1 Å². The van der Waals surface area contributed by atoms with Gasteiger partial charge in [0, 0.05) is 28.1 Å². The molecular weight excluding hydrogens is 474 g/mol. The molecule has 0 radical (unpaired) electrons. The van der Waals surface area contributed by atoms with Crippen molar-refractivity contribution in [2.45, 2.75) is 0 Å². The highest BCUT2D eigenvalue weighted by Gasteiger charge is 2.18. The number of ether oxygens (including phenoxy) is 2. The zero-order valence-corrected chi connectivity index (χ0v) is 19.4. The Morgan fingerprint density at radius 1 is 0.595 bits per heavy atom. The Bertz CT molecular complexity index is 1490. The number of carbonyl (C=O) groups excluding carboxylic acids is 3. The maximum Gasteiger partial charge on any atom is 0.274 e. The van der Waals surface area contributed by atoms with E-state index in [-0.39, 0.29) is 24.2 Å². The fourth-order valence-corrected chi connectivity index (χ4v) is 3.84. The van der Waals surface area contributed by atoms with Crippen molar-refractivity contribution in [3.05, 3.63) is 108 Å². The molecule has 37 heavy (non-hydrogen) atoms. The molecule has 4 aromatic carbocycles. The van der Waals surface area contributed by atoms with Crippen LogP contribution in [0, 0.1) is 0 Å². The lowest BCUT2D eigenvalue weighted by Crippen LogP contribution is -2.18. The second kappa shape index (κ2) is 10.2. The summed E-state index contributed by atoms with van der Waals surface area (Å²) in [6.07, 6.45) is 0. The van der Waals surface area contributed by atoms with Crippen molar-refractivity contribution < 1.29 is 29.1 Å². The van der Waals surface area contributed by atoms with E-state index in [0.717, 1.165) is 0 Å². The molecule has 4 aromatic rings. The van der Waals surface area contributed by atoms with Crippen LogP contribution in [0.3, 0.4) is 0 Å². The predicted molar refractivity (Wildman–Crippen MR) is 136 cm³/mol. The van der Waals surface area contributed by atoms with Crippen molar-refractivity contribution in [2.24, 2.45) is 0 Å². The molecule has 1 aliphatic rings. The van der Waals surface area contributed by atoms with Gasteiger partial charge in [-0.1, -0.05) is 30.3 Å². The quantitative estimate of drug-likeness (QED) is 0.227. The Morgan fingerprint density at radius 2 is 1.27 bits per heavy atom. The zero-order valence-electron chi connectivity index (χ0n) is 19.4. The molecule has 1 heterocycles. The number of hydrogen-bond donors (Lipinski definition) is 4. The molecule has 1 aliphatic heterocycles. The Kier molecular flexibility index (Phi) is 6.52. The average molecular weight is 495 g/mol. The lowest BCUT2D eigenvalue weighted by Gasteiger charge is -2.13. The summed E-state index contributed by atoms with van der Waals surface area (Å²) in [6.45, 7) is 0.0983. The Labute approximate surface area is 211 Å². The molecule has 4 N–H and O–H groups in total. The van der Waals surface area contributed by atoms with E-state index in [1.54, 1.807) is 78.3 Å². The molecule has 0 atom stereocenters. The largest absolute Gasteiger partial charge is 0.454 e. The van der Waals surface area contributed by atoms with Gasteiger partial charge in [0.1, 0.15) is 0 Å². The number of anilines is 2. The van der Waals surface area contributed by atoms with Gasteiger partial charge in [0.15, 0.2) is 11.5 Å². The van der Waals surface area contributed by atoms with E-state index in [4.69, 9.17) is 14.7 Å². The van der Waals surface area contributed by atoms with E-state index >= 15 is 0 Å². The van der Waals surface area contributed by atoms with E-state index in [1.807, 2.05) is 18.2 Å². The summed E-state index contributed by atoms with van der Waals surface area (Å²) in [5, 5.41) is 14.6. The molecule has 0 aromatic heterocycles. The van der Waals surface area contributed by atoms with Gasteiger partial charge in [-0.3, -0.25) is 19.6 Å². The minimum absolute atomic E-state index is 0.0983. The summed E-state index contributed by atoms with van der Waals surface area (Å²) in [7, 11) is 0. The molecule has 9 nitrogen and oxygen atoms in total. The van der Waals surface area contributed by atoms with E-state index in [9.17, 15) is 14.4 Å². The average Bonchev–Trinajstić information content (AvgIpc) is 3.41. The minimum atomic E-state index is -0.640. The SMILES string of the molecule is O=C(NO)c1ccc(-c2cc(NC(=O)c3ccc4c(c3)OCO4)cc(C(=O)Nc3ccccc3)c2)cc1. The van der Waals surface area contributed by atoms with Gasteiger partial charge in [-0.15, -0.1) is 0 Å². The van der Waals surface area contributed by atoms with Gasteiger partial charge in [-0.05, 0) is 71.8 Å². The van der Waals surface area contributed by atoms with Gasteiger partial charge in [0.05, 0.1) is 0 Å². The van der Waals surface area contributed by atoms with Gasteiger partial charge < -0.3 is 20.1 Å². The number of para-hydroxylation sites is 1. The smallest absolute Gasteiger partial charge is 0.274 e. The normalized spacial score (nSPS) is 11.5. The van der Waals surface area contributed by atoms with Crippen molar-refractivity contribution >= 4 is 29.1 Å². The number of nitrogens with one attached hydrogen (secondary N) is 3. The van der Waals surface area contributed by atoms with Crippen LogP contribution in [0.15, 0.2) is 91.0 Å². The van der Waals surface area contributed by atoms with E-state index in [2.05, 4.69) is 10.6 Å². The maximum atomic E-state index is 13.1. The van der Waals surface area contributed by atoms with Crippen LogP contribution in [0.4, 0.5) is 11.4 Å². The number of hydrogen-bond acceptors (Lipinski definition) is 6. The maximum absolute atomic E-state index is 13.1. The van der Waals surface area contributed by atoms with E-state index in [1.165, 1.54) is 0 Å². The highest BCUT2D eigenvalue weighted by molar-refractivity contribution is 6.08. The molecule has 5 rings (SSSR count). The van der Waals surface area contributed by atoms with Crippen LogP contribution in [-0.2, 0) is 0 Å². The van der Waals surface area contributed by atoms with Gasteiger partial charge in [0.2, 0.25) is 6.79 Å². The Balaban J connectivity index is 1.47. The lowest BCUT2D eigenvalue weighted by atomic mass is 10.00. The second-order valence-electron chi connectivity index (χ2n) is 8.16. The standard InChI is InChI=1S/C28H21N3O6/c32-26(19-10-11-24-25(15-19)37-16-36-24)30-23-13-20(17-6-8-18(9-7-17)28(34)31-35)12-21(14-23)27(33)29-22-4-2-1-3-5-22/h1-15,35H,16H2,(H,29,33)(H,30,32)(H,31,34). The van der Waals surface area contributed by atoms with Crippen molar-refractivity contribution in [2.75, 3.05) is 17.4 Å². The molecule has 0 unspecified atom stereocenters. The predicted octanol–water partition coefficient (Wildman–Crippen LogP) is 4.71. The van der Waals surface area contributed by atoms with Crippen LogP contribution in [0.5, 0.6) is 11.5 Å². The Morgan fingerprint density at radius 3 is 2.03 bits per heavy atom. The molecule has 184 valence electrons. The van der Waals surface area contributed by atoms with Crippen LogP contribution in [-0.4, -0.2) is 29.7 Å². The number of benzene rings is 4. The fourth-order valence-electron chi connectivity index (χ4n) is 3.84. The number of fused-ring (bicyclic) bond motifs is 1. The molecule has 0 bridgehead atoms. The molecule has 0 fully saturated rings. The molecular formula is C28H21N3O6. The molecule has 0 saturated carbocycles. The van der Waals surface area contributed by atoms with Crippen LogP contribution < -0.4 is 25.6 Å². The minimum Gasteiger partial charge on any atom is -0.454 e. The molecule has 0 spiro atoms. The molecule has 9 heteroatoms. The Hall–Kier alpha value is -5.15. The summed E-state index contributed by atoms with van der Waals surface area (Å²) in [5.74, 6) is -0.338. The summed E-state index contributed by atoms with van der Waals surface area (Å²) in [5.41, 5.74) is 4.90. The molecule has 0 saturated heterocycles. The topological polar surface area (TPSA) is 126 Å². The van der Waals surface area contributed by atoms with Crippen LogP contribution >= 0.6 is 0 Å². The third kappa shape index (κ3) is 5.26. The zero-order chi connectivity index (χ0) is 25.8. The number of rotatable bonds is 6. The summed E-state index contributed by atoms with van der Waals surface area (Å²) in [6, 6.07) is 25.4. The van der Waals surface area contributed by atoms with Gasteiger partial charge in [0.25, 0.3) is 17.7 Å². The first-order valence-corrected chi connectivity index (χ1v) is 11.3. The highest BCUT2D eigenvalue weighted by atomic mass is 16.7. The van der Waals surface area contributed by atoms with Crippen LogP contribution in [0.2, 0.25) is 0 Å². The van der Waals surface area contributed by atoms with Crippen molar-refractivity contribution in [3.63, 3.8) is 0 Å². The first-order valence-electron chi connectivity index (χ1n) is 11.3. The summed E-state index contributed by atoms with van der Waals surface area (Å²) in [4.78, 5) is 37.8. The van der Waals surface area contributed by atoms with Gasteiger partial charge >= 0.3 is 0 Å². The second-order valence-corrected chi connectivity index (χ2v) is 8.16. The fraction of sp³-hybridized carbons (Fsp3) is 0.0357. The molecule has 3 amide bonds. The van der Waals surface area contributed by atoms with Crippen molar-refractivity contribution in [3.8, 4) is 22.6 Å². The number of hydroxylamine groups is 1. The first kappa shape index (κ1) is 23.6. The van der Waals surface area contributed by atoms with Crippen molar-refractivity contribution in [1.29, 1.82) is 0 Å². The lowest BCUT2D eigenvalue weighted by molar-refractivity contribution is 0.0706. The number of carbonyl (C=O) groups is 3. The summed E-state index contributed by atoms with van der Waals surface area (Å²) >= 11 is 0. The van der Waals surface area contributed by atoms with Gasteiger partial charge in [-0.25, -0.2) is 5.48 Å². The first-order chi connectivity index (χ1) is 18.0. The van der Waals surface area contributed by atoms with Crippen molar-refractivity contribution in [1.82, 2.24) is 5.48 Å². The monoisotopic (exact) mass is 495 g/mol. The molecule has 0 aliphatic carbocycles. The third-order valence-corrected chi connectivity index (χ3v) is 5.70. The highest BCUT2D eigenvalue weighted by Crippen LogP contribution is 2.33. The summed E-state index contributed by atoms with van der Waals surface area (Å²) < 4.78 is 10.7. The third-order valence-electron chi connectivity index (χ3n) is 5.70.